The van der Waals surface area contributed by atoms with Crippen molar-refractivity contribution in [2.75, 3.05) is 4.72 Å². The van der Waals surface area contributed by atoms with Gasteiger partial charge in [-0.25, -0.2) is 4.98 Å². The molecule has 0 bridgehead atoms. The van der Waals surface area contributed by atoms with Crippen LogP contribution in [-0.2, 0) is 16.4 Å². The number of nitrogens with one attached hydrogen (secondary N) is 1. The molecule has 0 aliphatic rings. The van der Waals surface area contributed by atoms with Crippen LogP contribution in [0.5, 0.6) is 0 Å². The van der Waals surface area contributed by atoms with Crippen molar-refractivity contribution in [2.45, 2.75) is 39.1 Å². The summed E-state index contributed by atoms with van der Waals surface area (Å²) in [5.74, 6) is 0. The highest BCUT2D eigenvalue weighted by molar-refractivity contribution is 7.92. The van der Waals surface area contributed by atoms with Crippen LogP contribution in [0.2, 0.25) is 0 Å². The molecule has 0 aliphatic carbocycles. The molecule has 122 valence electrons. The summed E-state index contributed by atoms with van der Waals surface area (Å²) >= 11 is 1.41. The molecule has 3 rings (SSSR count). The van der Waals surface area contributed by atoms with Gasteiger partial charge in [0.25, 0.3) is 10.0 Å². The molecule has 23 heavy (non-hydrogen) atoms. The van der Waals surface area contributed by atoms with E-state index in [1.165, 1.54) is 15.9 Å². The van der Waals surface area contributed by atoms with Crippen LogP contribution in [-0.4, -0.2) is 23.0 Å². The lowest BCUT2D eigenvalue weighted by molar-refractivity contribution is 0.592. The van der Waals surface area contributed by atoms with Crippen molar-refractivity contribution < 1.29 is 8.42 Å². The summed E-state index contributed by atoms with van der Waals surface area (Å²) in [4.78, 5) is 4.93. The van der Waals surface area contributed by atoms with E-state index < -0.39 is 10.0 Å². The van der Waals surface area contributed by atoms with Crippen LogP contribution < -0.4 is 4.72 Å². The summed E-state index contributed by atoms with van der Waals surface area (Å²) in [6.07, 6.45) is 0.747. The molecule has 0 saturated heterocycles. The number of benzene rings is 1. The molecule has 0 radical (unpaired) electrons. The number of aryl methyl sites for hydroxylation is 3. The zero-order valence-corrected chi connectivity index (χ0v) is 15.0. The lowest BCUT2D eigenvalue weighted by atomic mass is 10.1. The average molecular weight is 350 g/mol. The van der Waals surface area contributed by atoms with E-state index in [0.29, 0.717) is 16.3 Å². The van der Waals surface area contributed by atoms with Gasteiger partial charge in [-0.15, -0.1) is 0 Å². The van der Waals surface area contributed by atoms with Gasteiger partial charge in [-0.05, 0) is 44.4 Å². The van der Waals surface area contributed by atoms with E-state index >= 15 is 0 Å². The van der Waals surface area contributed by atoms with Gasteiger partial charge in [0.05, 0.1) is 11.4 Å². The fourth-order valence-corrected chi connectivity index (χ4v) is 4.71. The Labute approximate surface area is 139 Å². The van der Waals surface area contributed by atoms with Gasteiger partial charge in [0.1, 0.15) is 5.01 Å². The van der Waals surface area contributed by atoms with Gasteiger partial charge in [0, 0.05) is 0 Å². The maximum absolute atomic E-state index is 12.9. The molecular weight excluding hydrogens is 332 g/mol. The molecule has 0 aliphatic heterocycles. The Morgan fingerprint density at radius 2 is 2.00 bits per heavy atom. The van der Waals surface area contributed by atoms with Crippen molar-refractivity contribution in [3.05, 3.63) is 40.0 Å². The van der Waals surface area contributed by atoms with Crippen LogP contribution in [0.4, 0.5) is 5.69 Å². The summed E-state index contributed by atoms with van der Waals surface area (Å²) in [6, 6.07) is 5.53. The number of nitrogens with zero attached hydrogens (tertiary/aromatic N) is 3. The minimum absolute atomic E-state index is 0.101. The second-order valence-corrected chi connectivity index (χ2v) is 8.04. The molecule has 6 nitrogen and oxygen atoms in total. The van der Waals surface area contributed by atoms with Gasteiger partial charge in [-0.3, -0.25) is 4.72 Å². The van der Waals surface area contributed by atoms with Crippen LogP contribution >= 0.6 is 11.3 Å². The van der Waals surface area contributed by atoms with Gasteiger partial charge in [-0.1, -0.05) is 30.4 Å². The lowest BCUT2D eigenvalue weighted by Gasteiger charge is -2.11. The predicted molar refractivity (Wildman–Crippen MR) is 91.7 cm³/mol. The van der Waals surface area contributed by atoms with Gasteiger partial charge in [-0.2, -0.15) is 18.0 Å². The summed E-state index contributed by atoms with van der Waals surface area (Å²) in [6.45, 7) is 7.51. The zero-order chi connectivity index (χ0) is 16.8. The van der Waals surface area contributed by atoms with Crippen molar-refractivity contribution in [3.8, 4) is 0 Å². The molecule has 0 fully saturated rings. The van der Waals surface area contributed by atoms with Crippen molar-refractivity contribution in [1.29, 1.82) is 0 Å². The minimum atomic E-state index is -3.77. The van der Waals surface area contributed by atoms with E-state index in [0.717, 1.165) is 22.6 Å². The van der Waals surface area contributed by atoms with Gasteiger partial charge in [0.15, 0.2) is 0 Å². The first-order valence-electron chi connectivity index (χ1n) is 7.27. The van der Waals surface area contributed by atoms with Crippen LogP contribution in [0.15, 0.2) is 23.2 Å². The van der Waals surface area contributed by atoms with Crippen LogP contribution in [0.1, 0.15) is 28.8 Å². The first kappa shape index (κ1) is 15.9. The highest BCUT2D eigenvalue weighted by Crippen LogP contribution is 2.26. The highest BCUT2D eigenvalue weighted by atomic mass is 32.2. The van der Waals surface area contributed by atoms with Crippen LogP contribution in [0, 0.1) is 20.8 Å². The minimum Gasteiger partial charge on any atom is -0.278 e. The fourth-order valence-electron chi connectivity index (χ4n) is 2.38. The maximum Gasteiger partial charge on any atom is 0.281 e. The van der Waals surface area contributed by atoms with Crippen molar-refractivity contribution >= 4 is 32.0 Å². The van der Waals surface area contributed by atoms with Crippen LogP contribution in [0.3, 0.4) is 0 Å². The number of imidazole rings is 1. The largest absolute Gasteiger partial charge is 0.281 e. The molecule has 8 heteroatoms. The van der Waals surface area contributed by atoms with E-state index in [1.54, 1.807) is 13.0 Å². The second kappa shape index (κ2) is 5.61. The molecule has 0 atom stereocenters. The molecule has 0 amide bonds. The third kappa shape index (κ3) is 2.72. The Balaban J connectivity index is 2.11. The molecule has 1 aromatic carbocycles. The van der Waals surface area contributed by atoms with Crippen molar-refractivity contribution in [1.82, 2.24) is 14.6 Å². The molecular formula is C15H18N4O2S2. The maximum atomic E-state index is 12.9. The van der Waals surface area contributed by atoms with E-state index in [9.17, 15) is 8.42 Å². The number of fused-ring (bicyclic) bond motifs is 1. The monoisotopic (exact) mass is 350 g/mol. The Hall–Kier alpha value is -1.93. The Kier molecular flexibility index (Phi) is 3.89. The van der Waals surface area contributed by atoms with Gasteiger partial charge >= 0.3 is 0 Å². The molecule has 2 heterocycles. The number of aromatic nitrogens is 3. The lowest BCUT2D eigenvalue weighted by Crippen LogP contribution is -2.17. The first-order valence-corrected chi connectivity index (χ1v) is 9.57. The number of rotatable bonds is 4. The van der Waals surface area contributed by atoms with Crippen molar-refractivity contribution in [2.24, 2.45) is 0 Å². The Morgan fingerprint density at radius 1 is 1.26 bits per heavy atom. The summed E-state index contributed by atoms with van der Waals surface area (Å²) < 4.78 is 29.8. The first-order chi connectivity index (χ1) is 10.8. The SMILES string of the molecule is CCc1nn2c(S(=O)(=O)Nc3cccc(C)c3C)c(C)nc2s1. The molecule has 0 unspecified atom stereocenters. The topological polar surface area (TPSA) is 76.4 Å². The van der Waals surface area contributed by atoms with Crippen LogP contribution in [0.25, 0.3) is 4.96 Å². The smallest absolute Gasteiger partial charge is 0.278 e. The zero-order valence-electron chi connectivity index (χ0n) is 13.4. The average Bonchev–Trinajstić information content (AvgIpc) is 2.99. The third-order valence-corrected chi connectivity index (χ3v) is 6.29. The number of hydrogen-bond donors (Lipinski definition) is 1. The summed E-state index contributed by atoms with van der Waals surface area (Å²) in [7, 11) is -3.77. The summed E-state index contributed by atoms with van der Waals surface area (Å²) in [5.41, 5.74) is 2.96. The normalized spacial score (nSPS) is 12.0. The highest BCUT2D eigenvalue weighted by Gasteiger charge is 2.26. The number of hydrogen-bond acceptors (Lipinski definition) is 5. The Bertz CT molecular complexity index is 986. The summed E-state index contributed by atoms with van der Waals surface area (Å²) in [5, 5.41) is 5.31. The number of sulfonamides is 1. The molecule has 2 aromatic heterocycles. The molecule has 0 saturated carbocycles. The Morgan fingerprint density at radius 3 is 2.70 bits per heavy atom. The molecule has 3 aromatic rings. The van der Waals surface area contributed by atoms with Gasteiger partial charge < -0.3 is 0 Å². The fraction of sp³-hybridized carbons (Fsp3) is 0.333. The van der Waals surface area contributed by atoms with Gasteiger partial charge in [0.2, 0.25) is 9.99 Å². The van der Waals surface area contributed by atoms with Crippen molar-refractivity contribution in [3.63, 3.8) is 0 Å². The van der Waals surface area contributed by atoms with E-state index in [2.05, 4.69) is 14.8 Å². The van der Waals surface area contributed by atoms with E-state index in [1.807, 2.05) is 32.9 Å². The van der Waals surface area contributed by atoms with E-state index in [-0.39, 0.29) is 5.03 Å². The third-order valence-electron chi connectivity index (χ3n) is 3.77. The van der Waals surface area contributed by atoms with E-state index in [4.69, 9.17) is 0 Å². The molecule has 1 N–H and O–H groups in total. The quantitative estimate of drug-likeness (QED) is 0.784. The predicted octanol–water partition coefficient (Wildman–Crippen LogP) is 3.08. The number of anilines is 1. The second-order valence-electron chi connectivity index (χ2n) is 5.40. The molecule has 0 spiro atoms. The standard InChI is InChI=1S/C15H18N4O2S2/c1-5-13-17-19-14(11(4)16-15(19)22-13)23(20,21)18-12-8-6-7-9(2)10(12)3/h6-8,18H,5H2,1-4H3.